The van der Waals surface area contributed by atoms with Crippen molar-refractivity contribution in [3.05, 3.63) is 71.4 Å². The van der Waals surface area contributed by atoms with Gasteiger partial charge in [-0.05, 0) is 50.1 Å². The van der Waals surface area contributed by atoms with Gasteiger partial charge in [0.15, 0.2) is 5.17 Å². The van der Waals surface area contributed by atoms with Gasteiger partial charge >= 0.3 is 0 Å². The van der Waals surface area contributed by atoms with E-state index in [9.17, 15) is 9.59 Å². The van der Waals surface area contributed by atoms with Crippen LogP contribution in [0.25, 0.3) is 6.08 Å². The van der Waals surface area contributed by atoms with Gasteiger partial charge in [-0.3, -0.25) is 14.5 Å². The number of benzene rings is 2. The maximum absolute atomic E-state index is 13.1. The van der Waals surface area contributed by atoms with E-state index in [2.05, 4.69) is 10.3 Å². The van der Waals surface area contributed by atoms with E-state index in [0.717, 1.165) is 16.9 Å². The van der Waals surface area contributed by atoms with Crippen LogP contribution in [-0.2, 0) is 16.1 Å². The van der Waals surface area contributed by atoms with Gasteiger partial charge in [0.2, 0.25) is 5.91 Å². The quantitative estimate of drug-likeness (QED) is 0.691. The maximum Gasteiger partial charge on any atom is 0.278 e. The summed E-state index contributed by atoms with van der Waals surface area (Å²) >= 11 is 1.27. The summed E-state index contributed by atoms with van der Waals surface area (Å²) in [5.41, 5.74) is 1.88. The van der Waals surface area contributed by atoms with Crippen molar-refractivity contribution in [3.8, 4) is 5.75 Å². The highest BCUT2D eigenvalue weighted by Crippen LogP contribution is 2.26. The summed E-state index contributed by atoms with van der Waals surface area (Å²) in [5, 5.41) is 3.46. The second kappa shape index (κ2) is 9.83. The molecular formula is C24H27N3O3S. The van der Waals surface area contributed by atoms with E-state index in [-0.39, 0.29) is 23.1 Å². The molecule has 0 bridgehead atoms. The fraction of sp³-hybridized carbons (Fsp3) is 0.292. The lowest BCUT2D eigenvalue weighted by molar-refractivity contribution is -0.123. The molecule has 0 atom stereocenters. The van der Waals surface area contributed by atoms with Crippen LogP contribution in [0.15, 0.2) is 65.3 Å². The molecule has 2 amide bonds. The molecule has 2 aromatic rings. The number of rotatable bonds is 6. The third-order valence-corrected chi connectivity index (χ3v) is 5.34. The zero-order valence-corrected chi connectivity index (χ0v) is 19.0. The number of ether oxygens (including phenoxy) is 1. The first-order valence-electron chi connectivity index (χ1n) is 9.99. The Morgan fingerprint density at radius 3 is 2.42 bits per heavy atom. The number of aliphatic imine (C=N–C) groups is 1. The van der Waals surface area contributed by atoms with Crippen molar-refractivity contribution in [2.24, 2.45) is 4.99 Å². The fourth-order valence-corrected chi connectivity index (χ4v) is 3.79. The van der Waals surface area contributed by atoms with Gasteiger partial charge in [0.1, 0.15) is 11.4 Å². The molecule has 1 aliphatic rings. The Morgan fingerprint density at radius 1 is 1.13 bits per heavy atom. The van der Waals surface area contributed by atoms with Crippen LogP contribution >= 0.6 is 11.8 Å². The summed E-state index contributed by atoms with van der Waals surface area (Å²) in [7, 11) is 1.61. The van der Waals surface area contributed by atoms with Crippen LogP contribution in [0.1, 0.15) is 31.9 Å². The second-order valence-corrected chi connectivity index (χ2v) is 9.10. The molecule has 1 heterocycles. The molecule has 0 fully saturated rings. The smallest absolute Gasteiger partial charge is 0.278 e. The van der Waals surface area contributed by atoms with Gasteiger partial charge in [0.25, 0.3) is 5.91 Å². The van der Waals surface area contributed by atoms with Crippen molar-refractivity contribution in [2.75, 3.05) is 12.9 Å². The number of carbonyl (C=O) groups is 2. The molecule has 0 aromatic heterocycles. The van der Waals surface area contributed by atoms with Crippen molar-refractivity contribution in [2.45, 2.75) is 32.9 Å². The van der Waals surface area contributed by atoms with Crippen LogP contribution in [0.4, 0.5) is 0 Å². The molecule has 0 radical (unpaired) electrons. The highest BCUT2D eigenvalue weighted by molar-refractivity contribution is 8.14. The molecule has 1 N–H and O–H groups in total. The molecule has 6 nitrogen and oxygen atoms in total. The SMILES string of the molecule is COc1ccc(/C=C2\N=C(SCC(=O)NC(C)(C)C)N(Cc3ccccc3)C2=O)cc1. The molecule has 162 valence electrons. The predicted octanol–water partition coefficient (Wildman–Crippen LogP) is 4.08. The molecule has 7 heteroatoms. The Morgan fingerprint density at radius 2 is 1.81 bits per heavy atom. The van der Waals surface area contributed by atoms with Gasteiger partial charge in [-0.15, -0.1) is 0 Å². The monoisotopic (exact) mass is 437 g/mol. The van der Waals surface area contributed by atoms with E-state index < -0.39 is 0 Å². The first-order valence-corrected chi connectivity index (χ1v) is 11.0. The molecule has 31 heavy (non-hydrogen) atoms. The Bertz CT molecular complexity index is 993. The summed E-state index contributed by atoms with van der Waals surface area (Å²) in [6, 6.07) is 17.2. The zero-order chi connectivity index (χ0) is 22.4. The molecule has 0 unspecified atom stereocenters. The van der Waals surface area contributed by atoms with Gasteiger partial charge in [0, 0.05) is 5.54 Å². The average Bonchev–Trinajstić information content (AvgIpc) is 3.01. The number of thioether (sulfide) groups is 1. The number of amidine groups is 1. The van der Waals surface area contributed by atoms with Crippen molar-refractivity contribution < 1.29 is 14.3 Å². The Hall–Kier alpha value is -3.06. The van der Waals surface area contributed by atoms with Crippen LogP contribution in [0.3, 0.4) is 0 Å². The summed E-state index contributed by atoms with van der Waals surface area (Å²) in [5.74, 6) is 0.651. The first-order chi connectivity index (χ1) is 14.7. The van der Waals surface area contributed by atoms with Crippen molar-refractivity contribution in [1.82, 2.24) is 10.2 Å². The van der Waals surface area contributed by atoms with E-state index in [4.69, 9.17) is 4.74 Å². The molecule has 2 aromatic carbocycles. The topological polar surface area (TPSA) is 71.0 Å². The predicted molar refractivity (Wildman–Crippen MR) is 126 cm³/mol. The normalized spacial score (nSPS) is 15.2. The number of carbonyl (C=O) groups excluding carboxylic acids is 2. The third-order valence-electron chi connectivity index (χ3n) is 4.36. The Labute approximate surface area is 187 Å². The number of nitrogens with zero attached hydrogens (tertiary/aromatic N) is 2. The summed E-state index contributed by atoms with van der Waals surface area (Å²) in [4.78, 5) is 31.6. The van der Waals surface area contributed by atoms with Gasteiger partial charge in [0.05, 0.1) is 19.4 Å². The standard InChI is InChI=1S/C24H27N3O3S/c1-24(2,3)26-21(28)16-31-23-25-20(14-17-10-12-19(30-4)13-11-17)22(29)27(23)15-18-8-6-5-7-9-18/h5-14H,15-16H2,1-4H3,(H,26,28)/b20-14-. The molecule has 1 aliphatic heterocycles. The number of hydrogen-bond acceptors (Lipinski definition) is 5. The molecule has 0 saturated heterocycles. The van der Waals surface area contributed by atoms with Gasteiger partial charge in [-0.1, -0.05) is 54.2 Å². The highest BCUT2D eigenvalue weighted by Gasteiger charge is 2.31. The van der Waals surface area contributed by atoms with Gasteiger partial charge < -0.3 is 10.1 Å². The minimum Gasteiger partial charge on any atom is -0.497 e. The fourth-order valence-electron chi connectivity index (χ4n) is 2.99. The van der Waals surface area contributed by atoms with E-state index in [0.29, 0.717) is 17.4 Å². The largest absolute Gasteiger partial charge is 0.497 e. The number of hydrogen-bond donors (Lipinski definition) is 1. The van der Waals surface area contributed by atoms with Gasteiger partial charge in [-0.2, -0.15) is 0 Å². The molecule has 0 aliphatic carbocycles. The van der Waals surface area contributed by atoms with E-state index >= 15 is 0 Å². The summed E-state index contributed by atoms with van der Waals surface area (Å²) in [6.45, 7) is 6.20. The van der Waals surface area contributed by atoms with Crippen LogP contribution in [0.5, 0.6) is 5.75 Å². The van der Waals surface area contributed by atoms with Crippen LogP contribution in [0.2, 0.25) is 0 Å². The van der Waals surface area contributed by atoms with E-state index in [1.165, 1.54) is 11.8 Å². The average molecular weight is 438 g/mol. The molecule has 3 rings (SSSR count). The van der Waals surface area contributed by atoms with Crippen molar-refractivity contribution in [1.29, 1.82) is 0 Å². The van der Waals surface area contributed by atoms with Crippen molar-refractivity contribution in [3.63, 3.8) is 0 Å². The number of amides is 2. The zero-order valence-electron chi connectivity index (χ0n) is 18.2. The lowest BCUT2D eigenvalue weighted by Crippen LogP contribution is -2.42. The minimum absolute atomic E-state index is 0.0973. The Kier molecular flexibility index (Phi) is 7.17. The lowest BCUT2D eigenvalue weighted by atomic mass is 10.1. The first kappa shape index (κ1) is 22.6. The maximum atomic E-state index is 13.1. The second-order valence-electron chi connectivity index (χ2n) is 8.16. The summed E-state index contributed by atoms with van der Waals surface area (Å²) < 4.78 is 5.18. The highest BCUT2D eigenvalue weighted by atomic mass is 32.2. The van der Waals surface area contributed by atoms with Crippen LogP contribution in [0, 0.1) is 0 Å². The van der Waals surface area contributed by atoms with Crippen molar-refractivity contribution >= 4 is 34.8 Å². The summed E-state index contributed by atoms with van der Waals surface area (Å²) in [6.07, 6.45) is 1.75. The molecular weight excluding hydrogens is 410 g/mol. The molecule has 0 saturated carbocycles. The third kappa shape index (κ3) is 6.46. The van der Waals surface area contributed by atoms with Crippen LogP contribution in [-0.4, -0.2) is 40.3 Å². The van der Waals surface area contributed by atoms with Crippen LogP contribution < -0.4 is 10.1 Å². The minimum atomic E-state index is -0.311. The number of nitrogens with one attached hydrogen (secondary N) is 1. The van der Waals surface area contributed by atoms with Gasteiger partial charge in [-0.25, -0.2) is 4.99 Å². The Balaban J connectivity index is 1.82. The lowest BCUT2D eigenvalue weighted by Gasteiger charge is -2.21. The number of methoxy groups -OCH3 is 1. The van der Waals surface area contributed by atoms with E-state index in [1.807, 2.05) is 75.4 Å². The molecule has 0 spiro atoms. The van der Waals surface area contributed by atoms with E-state index in [1.54, 1.807) is 18.1 Å².